The Bertz CT molecular complexity index is 930. The normalized spacial score (nSPS) is 11.3. The van der Waals surface area contributed by atoms with Gasteiger partial charge in [-0.05, 0) is 31.2 Å². The number of nitrogens with one attached hydrogen (secondary N) is 1. The molecule has 6 heteroatoms. The number of aromatic nitrogens is 1. The topological polar surface area (TPSA) is 77.5 Å². The molecule has 3 aromatic rings. The van der Waals surface area contributed by atoms with Crippen molar-refractivity contribution in [3.63, 3.8) is 0 Å². The monoisotopic (exact) mass is 376 g/mol. The molecule has 0 radical (unpaired) electrons. The van der Waals surface area contributed by atoms with Crippen LogP contribution in [0.25, 0.3) is 0 Å². The Kier molecular flexibility index (Phi) is 6.36. The summed E-state index contributed by atoms with van der Waals surface area (Å²) in [5.41, 5.74) is 1.19. The molecule has 2 aromatic carbocycles. The van der Waals surface area contributed by atoms with Crippen molar-refractivity contribution in [3.8, 4) is 5.75 Å². The Morgan fingerprint density at radius 1 is 0.964 bits per heavy atom. The Morgan fingerprint density at radius 2 is 1.68 bits per heavy atom. The summed E-state index contributed by atoms with van der Waals surface area (Å²) in [6.45, 7) is 2.32. The molecule has 1 aromatic heterocycles. The van der Waals surface area contributed by atoms with E-state index >= 15 is 0 Å². The highest BCUT2D eigenvalue weighted by Crippen LogP contribution is 2.27. The van der Waals surface area contributed by atoms with E-state index in [0.717, 1.165) is 0 Å². The van der Waals surface area contributed by atoms with Gasteiger partial charge in [0.15, 0.2) is 0 Å². The van der Waals surface area contributed by atoms with Crippen molar-refractivity contribution in [1.82, 2.24) is 4.98 Å². The minimum absolute atomic E-state index is 0.131. The molecule has 0 saturated heterocycles. The number of amides is 1. The van der Waals surface area contributed by atoms with Crippen LogP contribution in [0.2, 0.25) is 0 Å². The predicted molar refractivity (Wildman–Crippen MR) is 105 cm³/mol. The summed E-state index contributed by atoms with van der Waals surface area (Å²) in [6, 6.07) is 20.8. The molecule has 0 fully saturated rings. The highest BCUT2D eigenvalue weighted by molar-refractivity contribution is 5.98. The van der Waals surface area contributed by atoms with Gasteiger partial charge in [0.05, 0.1) is 12.3 Å². The zero-order valence-electron chi connectivity index (χ0n) is 15.4. The number of carbonyl (C=O) groups is 2. The van der Waals surface area contributed by atoms with E-state index in [1.54, 1.807) is 54.6 Å². The predicted octanol–water partition coefficient (Wildman–Crippen LogP) is 4.02. The maximum atomic E-state index is 13.0. The molecule has 1 N–H and O–H groups in total. The largest absolute Gasteiger partial charge is 0.492 e. The lowest BCUT2D eigenvalue weighted by molar-refractivity contribution is -0.125. The molecule has 1 heterocycles. The summed E-state index contributed by atoms with van der Waals surface area (Å²) in [5, 5.41) is 2.79. The molecule has 0 unspecified atom stereocenters. The molecule has 0 aliphatic carbocycles. The summed E-state index contributed by atoms with van der Waals surface area (Å²) in [4.78, 5) is 29.4. The molecule has 142 valence electrons. The molecule has 0 bridgehead atoms. The first-order valence-corrected chi connectivity index (χ1v) is 8.88. The van der Waals surface area contributed by atoms with Crippen LogP contribution in [0.5, 0.6) is 5.75 Å². The lowest BCUT2D eigenvalue weighted by Gasteiger charge is -2.19. The zero-order chi connectivity index (χ0) is 19.8. The molecule has 0 saturated carbocycles. The number of carbonyl (C=O) groups excluding carboxylic acids is 2. The van der Waals surface area contributed by atoms with Crippen LogP contribution in [0.4, 0.5) is 5.69 Å². The van der Waals surface area contributed by atoms with E-state index in [1.165, 1.54) is 12.3 Å². The summed E-state index contributed by atoms with van der Waals surface area (Å²) in [6.07, 6.45) is 0.359. The Morgan fingerprint density at radius 3 is 2.39 bits per heavy atom. The van der Waals surface area contributed by atoms with Gasteiger partial charge in [-0.15, -0.1) is 0 Å². The van der Waals surface area contributed by atoms with Crippen LogP contribution in [0.15, 0.2) is 79.0 Å². The van der Waals surface area contributed by atoms with Gasteiger partial charge in [0, 0.05) is 11.8 Å². The third-order valence-corrected chi connectivity index (χ3v) is 3.88. The van der Waals surface area contributed by atoms with Crippen molar-refractivity contribution >= 4 is 17.6 Å². The van der Waals surface area contributed by atoms with Gasteiger partial charge in [-0.3, -0.25) is 4.79 Å². The van der Waals surface area contributed by atoms with E-state index in [4.69, 9.17) is 9.47 Å². The molecular formula is C22H20N2O4. The van der Waals surface area contributed by atoms with E-state index in [2.05, 4.69) is 10.3 Å². The van der Waals surface area contributed by atoms with Gasteiger partial charge in [-0.2, -0.15) is 0 Å². The quantitative estimate of drug-likeness (QED) is 0.630. The van der Waals surface area contributed by atoms with Gasteiger partial charge >= 0.3 is 5.97 Å². The Hall–Kier alpha value is -3.67. The van der Waals surface area contributed by atoms with Crippen LogP contribution in [0.3, 0.4) is 0 Å². The van der Waals surface area contributed by atoms with Gasteiger partial charge in [0.1, 0.15) is 11.4 Å². The van der Waals surface area contributed by atoms with Crippen molar-refractivity contribution < 1.29 is 19.1 Å². The first-order valence-electron chi connectivity index (χ1n) is 8.88. The average Bonchev–Trinajstić information content (AvgIpc) is 2.74. The lowest BCUT2D eigenvalue weighted by atomic mass is 10.1. The number of ether oxygens (including phenoxy) is 2. The Labute approximate surface area is 163 Å². The first-order chi connectivity index (χ1) is 13.7. The highest BCUT2D eigenvalue weighted by atomic mass is 16.5. The van der Waals surface area contributed by atoms with Crippen LogP contribution < -0.4 is 10.1 Å². The maximum Gasteiger partial charge on any atom is 0.358 e. The minimum atomic E-state index is -1.13. The molecule has 1 atom stereocenters. The number of esters is 1. The molecule has 1 amide bonds. The molecule has 6 nitrogen and oxygen atoms in total. The Balaban J connectivity index is 1.85. The summed E-state index contributed by atoms with van der Waals surface area (Å²) >= 11 is 0. The minimum Gasteiger partial charge on any atom is -0.492 e. The van der Waals surface area contributed by atoms with Gasteiger partial charge in [-0.1, -0.05) is 48.5 Å². The van der Waals surface area contributed by atoms with Gasteiger partial charge in [0.2, 0.25) is 6.10 Å². The third kappa shape index (κ3) is 4.73. The number of pyridine rings is 1. The van der Waals surface area contributed by atoms with Gasteiger partial charge in [0.25, 0.3) is 5.91 Å². The second kappa shape index (κ2) is 9.32. The zero-order valence-corrected chi connectivity index (χ0v) is 15.4. The molecule has 3 rings (SSSR count). The van der Waals surface area contributed by atoms with Gasteiger partial charge in [-0.25, -0.2) is 9.78 Å². The van der Waals surface area contributed by atoms with Crippen molar-refractivity contribution in [2.75, 3.05) is 11.9 Å². The average molecular weight is 376 g/mol. The van der Waals surface area contributed by atoms with E-state index in [9.17, 15) is 9.59 Å². The lowest BCUT2D eigenvalue weighted by Crippen LogP contribution is -2.26. The number of anilines is 1. The van der Waals surface area contributed by atoms with Crippen LogP contribution in [-0.4, -0.2) is 23.5 Å². The SMILES string of the molecule is CCOc1ccccc1NC(=O)[C@H](OC(=O)c1ccccn1)c1ccccc1. The van der Waals surface area contributed by atoms with E-state index in [0.29, 0.717) is 23.6 Å². The van der Waals surface area contributed by atoms with Crippen molar-refractivity contribution in [2.45, 2.75) is 13.0 Å². The second-order valence-corrected chi connectivity index (χ2v) is 5.83. The number of rotatable bonds is 7. The highest BCUT2D eigenvalue weighted by Gasteiger charge is 2.26. The van der Waals surface area contributed by atoms with Crippen LogP contribution >= 0.6 is 0 Å². The maximum absolute atomic E-state index is 13.0. The number of benzene rings is 2. The first kappa shape index (κ1) is 19.1. The van der Waals surface area contributed by atoms with Crippen LogP contribution in [0.1, 0.15) is 29.1 Å². The molecule has 0 spiro atoms. The molecule has 28 heavy (non-hydrogen) atoms. The number of nitrogens with zero attached hydrogens (tertiary/aromatic N) is 1. The van der Waals surface area contributed by atoms with E-state index in [-0.39, 0.29) is 5.69 Å². The fourth-order valence-corrected chi connectivity index (χ4v) is 2.60. The summed E-state index contributed by atoms with van der Waals surface area (Å²) < 4.78 is 11.0. The van der Waals surface area contributed by atoms with E-state index < -0.39 is 18.0 Å². The standard InChI is InChI=1S/C22H20N2O4/c1-2-27-19-14-7-6-12-17(19)24-21(25)20(16-10-4-3-5-11-16)28-22(26)18-13-8-9-15-23-18/h3-15,20H,2H2,1H3,(H,24,25)/t20-/m1/s1. The van der Waals surface area contributed by atoms with Crippen LogP contribution in [0, 0.1) is 0 Å². The smallest absolute Gasteiger partial charge is 0.358 e. The van der Waals surface area contributed by atoms with E-state index in [1.807, 2.05) is 19.1 Å². The molecule has 0 aliphatic heterocycles. The number of para-hydroxylation sites is 2. The van der Waals surface area contributed by atoms with Crippen LogP contribution in [-0.2, 0) is 9.53 Å². The third-order valence-electron chi connectivity index (χ3n) is 3.88. The number of hydrogen-bond donors (Lipinski definition) is 1. The van der Waals surface area contributed by atoms with Crippen molar-refractivity contribution in [3.05, 3.63) is 90.3 Å². The fraction of sp³-hybridized carbons (Fsp3) is 0.136. The molecular weight excluding hydrogens is 356 g/mol. The second-order valence-electron chi connectivity index (χ2n) is 5.83. The van der Waals surface area contributed by atoms with Crippen molar-refractivity contribution in [2.24, 2.45) is 0 Å². The number of hydrogen-bond acceptors (Lipinski definition) is 5. The summed E-state index contributed by atoms with van der Waals surface area (Å²) in [7, 11) is 0. The van der Waals surface area contributed by atoms with Gasteiger partial charge < -0.3 is 14.8 Å². The fourth-order valence-electron chi connectivity index (χ4n) is 2.60. The van der Waals surface area contributed by atoms with Crippen molar-refractivity contribution in [1.29, 1.82) is 0 Å². The molecule has 0 aliphatic rings. The summed E-state index contributed by atoms with van der Waals surface area (Å²) in [5.74, 6) is -0.619.